The monoisotopic (exact) mass is 251 g/mol. The van der Waals surface area contributed by atoms with Crippen LogP contribution in [0.4, 0.5) is 0 Å². The topological polar surface area (TPSA) is 52.5 Å². The second kappa shape index (κ2) is 6.32. The number of aliphatic hydroxyl groups excluding tert-OH is 2. The highest BCUT2D eigenvalue weighted by Gasteiger charge is 2.23. The van der Waals surface area contributed by atoms with Crippen molar-refractivity contribution in [2.24, 2.45) is 0 Å². The van der Waals surface area contributed by atoms with Gasteiger partial charge in [-0.2, -0.15) is 0 Å². The van der Waals surface area contributed by atoms with Gasteiger partial charge in [-0.3, -0.25) is 0 Å². The zero-order valence-electron chi connectivity index (χ0n) is 11.8. The Morgan fingerprint density at radius 3 is 2.33 bits per heavy atom. The van der Waals surface area contributed by atoms with Gasteiger partial charge in [-0.15, -0.1) is 0 Å². The summed E-state index contributed by atoms with van der Waals surface area (Å²) < 4.78 is 0. The molecule has 1 aromatic carbocycles. The normalized spacial score (nSPS) is 12.2. The third-order valence-electron chi connectivity index (χ3n) is 3.40. The van der Waals surface area contributed by atoms with E-state index in [9.17, 15) is 0 Å². The fraction of sp³-hybridized carbons (Fsp3) is 0.600. The summed E-state index contributed by atoms with van der Waals surface area (Å²) in [5.41, 5.74) is 3.81. The van der Waals surface area contributed by atoms with Crippen molar-refractivity contribution in [3.8, 4) is 0 Å². The van der Waals surface area contributed by atoms with Crippen molar-refractivity contribution in [3.05, 3.63) is 34.9 Å². The summed E-state index contributed by atoms with van der Waals surface area (Å²) in [7, 11) is 0. The Morgan fingerprint density at radius 1 is 1.17 bits per heavy atom. The Labute approximate surface area is 110 Å². The first-order chi connectivity index (χ1) is 8.40. The second-order valence-electron chi connectivity index (χ2n) is 5.65. The molecule has 0 fully saturated rings. The maximum atomic E-state index is 9.07. The molecule has 0 unspecified atom stereocenters. The second-order valence-corrected chi connectivity index (χ2v) is 5.65. The van der Waals surface area contributed by atoms with Gasteiger partial charge in [0.25, 0.3) is 0 Å². The zero-order valence-corrected chi connectivity index (χ0v) is 11.8. The maximum absolute atomic E-state index is 9.07. The van der Waals surface area contributed by atoms with Gasteiger partial charge in [-0.1, -0.05) is 37.6 Å². The Kier molecular flexibility index (Phi) is 5.32. The average Bonchev–Trinajstić information content (AvgIpc) is 2.33. The van der Waals surface area contributed by atoms with Crippen LogP contribution >= 0.6 is 0 Å². The lowest BCUT2D eigenvalue weighted by Crippen LogP contribution is -2.43. The quantitative estimate of drug-likeness (QED) is 0.718. The minimum absolute atomic E-state index is 0.0291. The van der Waals surface area contributed by atoms with Crippen LogP contribution in [0.1, 0.15) is 30.5 Å². The van der Waals surface area contributed by atoms with Crippen molar-refractivity contribution in [1.29, 1.82) is 0 Å². The van der Waals surface area contributed by atoms with Crippen LogP contribution in [-0.4, -0.2) is 36.0 Å². The molecule has 0 aliphatic carbocycles. The minimum atomic E-state index is -0.241. The molecule has 0 radical (unpaired) electrons. The molecular weight excluding hydrogens is 226 g/mol. The van der Waals surface area contributed by atoms with Gasteiger partial charge in [0.2, 0.25) is 0 Å². The molecule has 1 aromatic rings. The summed E-state index contributed by atoms with van der Waals surface area (Å²) >= 11 is 0. The van der Waals surface area contributed by atoms with Gasteiger partial charge in [0.05, 0.1) is 19.3 Å². The van der Waals surface area contributed by atoms with E-state index in [-0.39, 0.29) is 24.7 Å². The van der Waals surface area contributed by atoms with Crippen LogP contribution in [0.15, 0.2) is 18.2 Å². The zero-order chi connectivity index (χ0) is 13.8. The SMILES string of the molecule is Cc1ccc(C)c(C(C)(C)CNC(CO)CO)c1. The van der Waals surface area contributed by atoms with Crippen LogP contribution in [0.25, 0.3) is 0 Å². The molecule has 0 spiro atoms. The Balaban J connectivity index is 2.82. The molecule has 0 atom stereocenters. The summed E-state index contributed by atoms with van der Waals surface area (Å²) in [5, 5.41) is 21.3. The molecule has 0 heterocycles. The predicted octanol–water partition coefficient (Wildman–Crippen LogP) is 1.52. The summed E-state index contributed by atoms with van der Waals surface area (Å²) in [6.45, 7) is 9.20. The molecule has 3 heteroatoms. The molecule has 0 bridgehead atoms. The van der Waals surface area contributed by atoms with Gasteiger partial charge < -0.3 is 15.5 Å². The lowest BCUT2D eigenvalue weighted by Gasteiger charge is -2.29. The number of rotatable bonds is 6. The molecule has 0 aliphatic heterocycles. The number of aryl methyl sites for hydroxylation is 2. The molecule has 0 aliphatic rings. The average molecular weight is 251 g/mol. The Morgan fingerprint density at radius 2 is 1.78 bits per heavy atom. The highest BCUT2D eigenvalue weighted by Crippen LogP contribution is 2.26. The van der Waals surface area contributed by atoms with Crippen molar-refractivity contribution in [2.75, 3.05) is 19.8 Å². The van der Waals surface area contributed by atoms with Crippen LogP contribution < -0.4 is 5.32 Å². The largest absolute Gasteiger partial charge is 0.395 e. The van der Waals surface area contributed by atoms with Crippen LogP contribution in [0, 0.1) is 13.8 Å². The Hall–Kier alpha value is -0.900. The molecule has 1 rings (SSSR count). The number of hydrogen-bond acceptors (Lipinski definition) is 3. The van der Waals surface area contributed by atoms with Crippen molar-refractivity contribution in [1.82, 2.24) is 5.32 Å². The smallest absolute Gasteiger partial charge is 0.0607 e. The number of benzene rings is 1. The lowest BCUT2D eigenvalue weighted by atomic mass is 9.81. The van der Waals surface area contributed by atoms with E-state index in [1.807, 2.05) is 0 Å². The van der Waals surface area contributed by atoms with Gasteiger partial charge >= 0.3 is 0 Å². The first kappa shape index (κ1) is 15.2. The lowest BCUT2D eigenvalue weighted by molar-refractivity contribution is 0.166. The van der Waals surface area contributed by atoms with E-state index in [1.165, 1.54) is 16.7 Å². The van der Waals surface area contributed by atoms with Gasteiger partial charge in [0, 0.05) is 12.0 Å². The van der Waals surface area contributed by atoms with E-state index in [0.717, 1.165) is 6.54 Å². The van der Waals surface area contributed by atoms with Gasteiger partial charge in [0.1, 0.15) is 0 Å². The van der Waals surface area contributed by atoms with Crippen molar-refractivity contribution in [3.63, 3.8) is 0 Å². The van der Waals surface area contributed by atoms with Crippen LogP contribution in [-0.2, 0) is 5.41 Å². The highest BCUT2D eigenvalue weighted by atomic mass is 16.3. The number of nitrogens with one attached hydrogen (secondary N) is 1. The van der Waals surface area contributed by atoms with Crippen LogP contribution in [0.2, 0.25) is 0 Å². The van der Waals surface area contributed by atoms with E-state index in [4.69, 9.17) is 10.2 Å². The molecule has 3 N–H and O–H groups in total. The van der Waals surface area contributed by atoms with Crippen molar-refractivity contribution < 1.29 is 10.2 Å². The van der Waals surface area contributed by atoms with Crippen molar-refractivity contribution in [2.45, 2.75) is 39.2 Å². The molecule has 3 nitrogen and oxygen atoms in total. The molecule has 102 valence electrons. The number of aliphatic hydroxyl groups is 2. The molecule has 18 heavy (non-hydrogen) atoms. The van der Waals surface area contributed by atoms with Gasteiger partial charge in [-0.25, -0.2) is 0 Å². The molecule has 0 aromatic heterocycles. The standard InChI is InChI=1S/C15H25NO2/c1-11-5-6-12(2)14(7-11)15(3,4)10-16-13(8-17)9-18/h5-7,13,16-18H,8-10H2,1-4H3. The summed E-state index contributed by atoms with van der Waals surface area (Å²) in [6.07, 6.45) is 0. The van der Waals surface area contributed by atoms with Gasteiger partial charge in [0.15, 0.2) is 0 Å². The van der Waals surface area contributed by atoms with Gasteiger partial charge in [-0.05, 0) is 25.0 Å². The Bertz CT molecular complexity index is 384. The number of hydrogen-bond donors (Lipinski definition) is 3. The fourth-order valence-corrected chi connectivity index (χ4v) is 2.15. The van der Waals surface area contributed by atoms with Crippen LogP contribution in [0.5, 0.6) is 0 Å². The molecular formula is C15H25NO2. The van der Waals surface area contributed by atoms with Crippen molar-refractivity contribution >= 4 is 0 Å². The van der Waals surface area contributed by atoms with E-state index < -0.39 is 0 Å². The predicted molar refractivity (Wildman–Crippen MR) is 74.9 cm³/mol. The molecule has 0 saturated heterocycles. The van der Waals surface area contributed by atoms with E-state index in [2.05, 4.69) is 51.2 Å². The first-order valence-corrected chi connectivity index (χ1v) is 6.43. The maximum Gasteiger partial charge on any atom is 0.0607 e. The van der Waals surface area contributed by atoms with E-state index in [0.29, 0.717) is 0 Å². The van der Waals surface area contributed by atoms with E-state index in [1.54, 1.807) is 0 Å². The minimum Gasteiger partial charge on any atom is -0.395 e. The summed E-state index contributed by atoms with van der Waals surface area (Å²) in [6, 6.07) is 6.23. The molecule has 0 saturated carbocycles. The third kappa shape index (κ3) is 3.80. The first-order valence-electron chi connectivity index (χ1n) is 6.43. The highest BCUT2D eigenvalue weighted by molar-refractivity contribution is 5.36. The van der Waals surface area contributed by atoms with E-state index >= 15 is 0 Å². The fourth-order valence-electron chi connectivity index (χ4n) is 2.15. The summed E-state index contributed by atoms with van der Waals surface area (Å²) in [5.74, 6) is 0. The third-order valence-corrected chi connectivity index (χ3v) is 3.40. The van der Waals surface area contributed by atoms with Crippen LogP contribution in [0.3, 0.4) is 0 Å². The summed E-state index contributed by atoms with van der Waals surface area (Å²) in [4.78, 5) is 0. The molecule has 0 amide bonds.